The Kier molecular flexibility index (Phi) is 8.96. The molecule has 3 rings (SSSR count). The first kappa shape index (κ1) is 26.3. The van der Waals surface area contributed by atoms with Crippen LogP contribution >= 0.6 is 0 Å². The van der Waals surface area contributed by atoms with Crippen molar-refractivity contribution in [3.63, 3.8) is 0 Å². The molecule has 35 heavy (non-hydrogen) atoms. The van der Waals surface area contributed by atoms with E-state index >= 15 is 0 Å². The first-order valence-corrected chi connectivity index (χ1v) is 11.7. The summed E-state index contributed by atoms with van der Waals surface area (Å²) in [7, 11) is 0. The van der Waals surface area contributed by atoms with Crippen molar-refractivity contribution in [2.24, 2.45) is 5.92 Å². The monoisotopic (exact) mass is 486 g/mol. The van der Waals surface area contributed by atoms with Gasteiger partial charge in [0.15, 0.2) is 23.2 Å². The Morgan fingerprint density at radius 2 is 1.49 bits per heavy atom. The van der Waals surface area contributed by atoms with Gasteiger partial charge in [-0.05, 0) is 61.1 Å². The summed E-state index contributed by atoms with van der Waals surface area (Å²) >= 11 is 0. The van der Waals surface area contributed by atoms with Crippen LogP contribution in [-0.4, -0.2) is 13.2 Å². The van der Waals surface area contributed by atoms with Crippen molar-refractivity contribution in [1.29, 1.82) is 0 Å². The van der Waals surface area contributed by atoms with Crippen molar-refractivity contribution in [2.75, 3.05) is 13.2 Å². The average Bonchev–Trinajstić information content (AvgIpc) is 2.88. The molecule has 2 aromatic rings. The van der Waals surface area contributed by atoms with Crippen LogP contribution in [0.5, 0.6) is 0 Å². The van der Waals surface area contributed by atoms with Crippen LogP contribution in [0.25, 0.3) is 17.2 Å². The van der Waals surface area contributed by atoms with Crippen LogP contribution in [0.1, 0.15) is 49.7 Å². The molecule has 1 fully saturated rings. The lowest BCUT2D eigenvalue weighted by atomic mass is 9.78. The Labute approximate surface area is 204 Å². The van der Waals surface area contributed by atoms with E-state index in [2.05, 4.69) is 19.7 Å². The molecule has 0 radical (unpaired) electrons. The van der Waals surface area contributed by atoms with E-state index < -0.39 is 34.8 Å². The molecule has 1 aliphatic rings. The first-order chi connectivity index (χ1) is 16.8. The molecular formula is C29H30F4O2. The Morgan fingerprint density at radius 3 is 2.06 bits per heavy atom. The largest absolute Gasteiger partial charge is 0.491 e. The maximum atomic E-state index is 15.0. The van der Waals surface area contributed by atoms with Crippen LogP contribution in [0.2, 0.25) is 0 Å². The van der Waals surface area contributed by atoms with E-state index in [4.69, 9.17) is 9.47 Å². The van der Waals surface area contributed by atoms with Crippen molar-refractivity contribution in [3.05, 3.63) is 102 Å². The third kappa shape index (κ3) is 6.24. The van der Waals surface area contributed by atoms with Gasteiger partial charge in [0.25, 0.3) is 0 Å². The van der Waals surface area contributed by atoms with E-state index in [1.54, 1.807) is 49.4 Å². The van der Waals surface area contributed by atoms with Crippen molar-refractivity contribution in [2.45, 2.75) is 38.5 Å². The fourth-order valence-electron chi connectivity index (χ4n) is 4.31. The molecule has 0 saturated heterocycles. The molecule has 186 valence electrons. The minimum Gasteiger partial charge on any atom is -0.491 e. The van der Waals surface area contributed by atoms with Gasteiger partial charge in [-0.1, -0.05) is 62.2 Å². The highest BCUT2D eigenvalue weighted by Crippen LogP contribution is 2.39. The molecular weight excluding hydrogens is 456 g/mol. The molecule has 1 saturated carbocycles. The van der Waals surface area contributed by atoms with Crippen molar-refractivity contribution in [3.8, 4) is 11.1 Å². The lowest BCUT2D eigenvalue weighted by Gasteiger charge is -2.29. The van der Waals surface area contributed by atoms with Gasteiger partial charge >= 0.3 is 0 Å². The summed E-state index contributed by atoms with van der Waals surface area (Å²) in [6, 6.07) is 10.4. The van der Waals surface area contributed by atoms with Gasteiger partial charge < -0.3 is 9.47 Å². The number of ether oxygens (including phenoxy) is 2. The van der Waals surface area contributed by atoms with E-state index in [1.165, 1.54) is 0 Å². The highest BCUT2D eigenvalue weighted by Gasteiger charge is 2.27. The molecule has 0 atom stereocenters. The van der Waals surface area contributed by atoms with Crippen molar-refractivity contribution < 1.29 is 27.0 Å². The highest BCUT2D eigenvalue weighted by molar-refractivity contribution is 5.66. The smallest absolute Gasteiger partial charge is 0.203 e. The molecule has 6 heteroatoms. The lowest BCUT2D eigenvalue weighted by Crippen LogP contribution is -2.19. The number of benzene rings is 2. The zero-order valence-electron chi connectivity index (χ0n) is 19.9. The second-order valence-corrected chi connectivity index (χ2v) is 8.59. The lowest BCUT2D eigenvalue weighted by molar-refractivity contribution is 0.134. The molecule has 1 aliphatic carbocycles. The third-order valence-electron chi connectivity index (χ3n) is 6.35. The van der Waals surface area contributed by atoms with Gasteiger partial charge in [0.2, 0.25) is 11.7 Å². The number of allylic oxidation sites excluding steroid dienone is 2. The topological polar surface area (TPSA) is 18.5 Å². The van der Waals surface area contributed by atoms with E-state index in [0.717, 1.165) is 5.56 Å². The fourth-order valence-corrected chi connectivity index (χ4v) is 4.31. The summed E-state index contributed by atoms with van der Waals surface area (Å²) in [5, 5.41) is 0. The molecule has 0 bridgehead atoms. The van der Waals surface area contributed by atoms with Crippen LogP contribution in [-0.2, 0) is 9.47 Å². The van der Waals surface area contributed by atoms with Crippen molar-refractivity contribution in [1.82, 2.24) is 0 Å². The molecule has 0 N–H and O–H groups in total. The van der Waals surface area contributed by atoms with E-state index in [1.807, 2.05) is 0 Å². The zero-order chi connectivity index (χ0) is 25.5. The second kappa shape index (κ2) is 11.9. The molecule has 0 spiro atoms. The van der Waals surface area contributed by atoms with Gasteiger partial charge in [-0.2, -0.15) is 8.78 Å². The summed E-state index contributed by atoms with van der Waals surface area (Å²) in [5.74, 6) is -5.03. The van der Waals surface area contributed by atoms with Gasteiger partial charge in [0.05, 0.1) is 13.2 Å². The van der Waals surface area contributed by atoms with E-state index in [-0.39, 0.29) is 30.6 Å². The molecule has 0 aromatic heterocycles. The Bertz CT molecular complexity index is 1110. The van der Waals surface area contributed by atoms with Crippen molar-refractivity contribution >= 4 is 6.08 Å². The van der Waals surface area contributed by atoms with Crippen LogP contribution in [0.15, 0.2) is 79.3 Å². The van der Waals surface area contributed by atoms with Crippen LogP contribution in [0.4, 0.5) is 17.6 Å². The van der Waals surface area contributed by atoms with Crippen LogP contribution < -0.4 is 0 Å². The average molecular weight is 487 g/mol. The predicted octanol–water partition coefficient (Wildman–Crippen LogP) is 8.78. The number of hydrogen-bond donors (Lipinski definition) is 0. The van der Waals surface area contributed by atoms with E-state index in [9.17, 15) is 17.6 Å². The SMILES string of the molecule is C=Cc1ccc(-c2ccc(C3CCC(COC(=C)/C(F)=C(/F)C(=C)OCC)CC3)c(F)c2F)cc1. The second-order valence-electron chi connectivity index (χ2n) is 8.59. The third-order valence-corrected chi connectivity index (χ3v) is 6.35. The number of hydrogen-bond acceptors (Lipinski definition) is 2. The zero-order valence-corrected chi connectivity index (χ0v) is 19.9. The Balaban J connectivity index is 1.59. The maximum absolute atomic E-state index is 15.0. The van der Waals surface area contributed by atoms with Gasteiger partial charge in [-0.3, -0.25) is 0 Å². The Morgan fingerprint density at radius 1 is 0.886 bits per heavy atom. The highest BCUT2D eigenvalue weighted by atomic mass is 19.2. The molecule has 0 heterocycles. The van der Waals surface area contributed by atoms with Gasteiger partial charge in [0, 0.05) is 5.56 Å². The molecule has 2 aromatic carbocycles. The summed E-state index contributed by atoms with van der Waals surface area (Å²) in [4.78, 5) is 0. The molecule has 0 aliphatic heterocycles. The number of halogens is 4. The fraction of sp³-hybridized carbons (Fsp3) is 0.310. The quantitative estimate of drug-likeness (QED) is 0.190. The van der Waals surface area contributed by atoms with E-state index in [0.29, 0.717) is 36.8 Å². The van der Waals surface area contributed by atoms with Gasteiger partial charge in [0.1, 0.15) is 0 Å². The minimum absolute atomic E-state index is 0.0736. The first-order valence-electron chi connectivity index (χ1n) is 11.7. The Hall–Kier alpha value is -3.28. The number of rotatable bonds is 10. The van der Waals surface area contributed by atoms with Crippen LogP contribution in [0.3, 0.4) is 0 Å². The predicted molar refractivity (Wildman–Crippen MR) is 132 cm³/mol. The maximum Gasteiger partial charge on any atom is 0.203 e. The molecule has 0 amide bonds. The standard InChI is InChI=1S/C29H30F4O2/c1-5-20-7-11-22(12-8-20)24-15-16-25(29(33)28(24)32)23-13-9-21(10-14-23)17-35-19(4)27(31)26(30)18(3)34-6-2/h5,7-8,11-12,15-16,21,23H,1,3-4,6,9-10,13-14,17H2,2H3/b27-26-. The molecule has 0 unspecified atom stereocenters. The summed E-state index contributed by atoms with van der Waals surface area (Å²) in [6.07, 6.45) is 4.33. The normalized spacial score (nSPS) is 18.4. The summed E-state index contributed by atoms with van der Waals surface area (Å²) < 4.78 is 68.2. The summed E-state index contributed by atoms with van der Waals surface area (Å²) in [6.45, 7) is 12.4. The van der Waals surface area contributed by atoms with Crippen LogP contribution in [0, 0.1) is 17.6 Å². The molecule has 2 nitrogen and oxygen atoms in total. The van der Waals surface area contributed by atoms with Gasteiger partial charge in [-0.25, -0.2) is 8.78 Å². The van der Waals surface area contributed by atoms with Gasteiger partial charge in [-0.15, -0.1) is 0 Å². The summed E-state index contributed by atoms with van der Waals surface area (Å²) in [5.41, 5.74) is 2.08. The minimum atomic E-state index is -1.24.